The first-order valence-electron chi connectivity index (χ1n) is 4.72. The Kier molecular flexibility index (Phi) is 25.1. The lowest BCUT2D eigenvalue weighted by Gasteiger charge is -1.94. The Labute approximate surface area is 99.1 Å². The van der Waals surface area contributed by atoms with Gasteiger partial charge in [0.05, 0.1) is 39.3 Å². The van der Waals surface area contributed by atoms with E-state index in [2.05, 4.69) is 4.74 Å². The molecule has 0 aromatic carbocycles. The van der Waals surface area contributed by atoms with E-state index in [-0.39, 0.29) is 26.1 Å². The van der Waals surface area contributed by atoms with Crippen molar-refractivity contribution < 1.29 is 39.9 Å². The van der Waals surface area contributed by atoms with E-state index in [4.69, 9.17) is 25.5 Å². The van der Waals surface area contributed by atoms with Gasteiger partial charge in [-0.15, -0.1) is 0 Å². The zero-order valence-corrected chi connectivity index (χ0v) is 9.70. The predicted octanol–water partition coefficient (Wildman–Crippen LogP) is -1.47. The molecule has 0 saturated carbocycles. The van der Waals surface area contributed by atoms with Crippen LogP contribution in [0.5, 0.6) is 0 Å². The summed E-state index contributed by atoms with van der Waals surface area (Å²) in [6.07, 6.45) is -0.593. The number of aliphatic hydroxyl groups excluding tert-OH is 3. The highest BCUT2D eigenvalue weighted by Gasteiger charge is 2.00. The van der Waals surface area contributed by atoms with E-state index in [0.717, 1.165) is 7.11 Å². The van der Waals surface area contributed by atoms with Crippen molar-refractivity contribution in [1.82, 2.24) is 0 Å². The summed E-state index contributed by atoms with van der Waals surface area (Å²) in [6, 6.07) is 0. The third kappa shape index (κ3) is 39.9. The second kappa shape index (κ2) is 20.2. The molecule has 0 aliphatic carbocycles. The fraction of sp³-hybridized carbons (Fsp3) is 0.778. The first-order valence-corrected chi connectivity index (χ1v) is 4.72. The van der Waals surface area contributed by atoms with Gasteiger partial charge in [-0.3, -0.25) is 9.59 Å². The molecule has 0 heterocycles. The topological polar surface area (TPSA) is 145 Å². The molecule has 0 rings (SSSR count). The van der Waals surface area contributed by atoms with Crippen LogP contribution in [0.15, 0.2) is 0 Å². The highest BCUT2D eigenvalue weighted by atomic mass is 16.5. The molecule has 0 fully saturated rings. The van der Waals surface area contributed by atoms with Crippen molar-refractivity contribution in [1.29, 1.82) is 0 Å². The second-order valence-corrected chi connectivity index (χ2v) is 2.35. The fourth-order valence-corrected chi connectivity index (χ4v) is 0.445. The van der Waals surface area contributed by atoms with Crippen molar-refractivity contribution in [2.45, 2.75) is 12.8 Å². The van der Waals surface area contributed by atoms with Crippen LogP contribution in [0.4, 0.5) is 0 Å². The number of ether oxygens (including phenoxy) is 1. The van der Waals surface area contributed by atoms with Crippen LogP contribution >= 0.6 is 0 Å². The Morgan fingerprint density at radius 3 is 1.35 bits per heavy atom. The van der Waals surface area contributed by atoms with E-state index in [1.807, 2.05) is 0 Å². The summed E-state index contributed by atoms with van der Waals surface area (Å²) in [5, 5.41) is 39.0. The highest BCUT2D eigenvalue weighted by molar-refractivity contribution is 5.75. The monoisotopic (exact) mass is 256 g/mol. The summed E-state index contributed by atoms with van der Waals surface area (Å²) in [6.45, 7) is 0.696. The summed E-state index contributed by atoms with van der Waals surface area (Å²) in [4.78, 5) is 19.3. The van der Waals surface area contributed by atoms with Gasteiger partial charge in [-0.25, -0.2) is 0 Å². The Morgan fingerprint density at radius 1 is 0.882 bits per heavy atom. The van der Waals surface area contributed by atoms with Gasteiger partial charge < -0.3 is 30.3 Å². The summed E-state index contributed by atoms with van der Waals surface area (Å²) < 4.78 is 4.63. The number of carboxylic acid groups (broad SMARTS) is 2. The van der Waals surface area contributed by atoms with Gasteiger partial charge in [-0.05, 0) is 0 Å². The van der Waals surface area contributed by atoms with E-state index < -0.39 is 11.9 Å². The number of aliphatic hydroxyl groups is 3. The molecule has 0 unspecified atom stereocenters. The van der Waals surface area contributed by atoms with Gasteiger partial charge in [0, 0.05) is 7.11 Å². The molecule has 0 aliphatic rings. The maximum Gasteiger partial charge on any atom is 0.303 e. The molecule has 0 amide bonds. The molecule has 5 N–H and O–H groups in total. The molecule has 0 bridgehead atoms. The van der Waals surface area contributed by atoms with Gasteiger partial charge in [0.15, 0.2) is 0 Å². The van der Waals surface area contributed by atoms with Gasteiger partial charge in [-0.2, -0.15) is 0 Å². The number of rotatable bonds is 7. The average molecular weight is 256 g/mol. The first-order chi connectivity index (χ1) is 8.04. The Morgan fingerprint density at radius 2 is 1.18 bits per heavy atom. The minimum absolute atomic E-state index is 0.0278. The minimum Gasteiger partial charge on any atom is -0.481 e. The van der Waals surface area contributed by atoms with Crippen LogP contribution in [-0.2, 0) is 14.3 Å². The van der Waals surface area contributed by atoms with Crippen LogP contribution in [0.25, 0.3) is 0 Å². The van der Waals surface area contributed by atoms with Crippen LogP contribution in [0.2, 0.25) is 0 Å². The van der Waals surface area contributed by atoms with E-state index in [9.17, 15) is 9.59 Å². The van der Waals surface area contributed by atoms with Gasteiger partial charge in [0.2, 0.25) is 0 Å². The van der Waals surface area contributed by atoms with Crippen LogP contribution in [0.3, 0.4) is 0 Å². The molecular weight excluding hydrogens is 236 g/mol. The van der Waals surface area contributed by atoms with E-state index in [1.165, 1.54) is 0 Å². The van der Waals surface area contributed by atoms with Gasteiger partial charge >= 0.3 is 11.9 Å². The van der Waals surface area contributed by atoms with E-state index in [1.54, 1.807) is 0 Å². The van der Waals surface area contributed by atoms with Gasteiger partial charge in [0.1, 0.15) is 0 Å². The number of carbonyl (C=O) groups is 2. The summed E-state index contributed by atoms with van der Waals surface area (Å²) >= 11 is 0. The second-order valence-electron chi connectivity index (χ2n) is 2.35. The van der Waals surface area contributed by atoms with Gasteiger partial charge in [0.25, 0.3) is 0 Å². The zero-order valence-electron chi connectivity index (χ0n) is 9.70. The Bertz CT molecular complexity index is 152. The molecule has 0 aromatic rings. The minimum atomic E-state index is -1.08. The molecule has 104 valence electrons. The maximum atomic E-state index is 9.64. The standard InChI is InChI=1S/C4H6O4.C4H10O3.CH4O/c5-3(6)1-2-4(7)8;5-1-3-7-4-2-6;1-2/h1-2H2,(H,5,6)(H,7,8);5-6H,1-4H2;2H,1H3. The normalized spacial score (nSPS) is 8.24. The van der Waals surface area contributed by atoms with Crippen molar-refractivity contribution in [2.75, 3.05) is 33.5 Å². The summed E-state index contributed by atoms with van der Waals surface area (Å²) in [5.74, 6) is -2.15. The molecule has 8 heteroatoms. The van der Waals surface area contributed by atoms with Crippen molar-refractivity contribution >= 4 is 11.9 Å². The molecule has 0 radical (unpaired) electrons. The van der Waals surface area contributed by atoms with E-state index >= 15 is 0 Å². The maximum absolute atomic E-state index is 9.64. The number of carboxylic acids is 2. The molecule has 0 spiro atoms. The van der Waals surface area contributed by atoms with Crippen molar-refractivity contribution in [2.24, 2.45) is 0 Å². The van der Waals surface area contributed by atoms with Crippen molar-refractivity contribution in [3.8, 4) is 0 Å². The molecule has 0 aliphatic heterocycles. The number of hydrogen-bond acceptors (Lipinski definition) is 6. The van der Waals surface area contributed by atoms with Crippen LogP contribution in [0, 0.1) is 0 Å². The lowest BCUT2D eigenvalue weighted by Crippen LogP contribution is -2.03. The highest BCUT2D eigenvalue weighted by Crippen LogP contribution is 1.86. The van der Waals surface area contributed by atoms with Crippen LogP contribution < -0.4 is 0 Å². The lowest BCUT2D eigenvalue weighted by atomic mass is 10.3. The SMILES string of the molecule is CO.O=C(O)CCC(=O)O.OCCOCCO. The largest absolute Gasteiger partial charge is 0.481 e. The average Bonchev–Trinajstić information content (AvgIpc) is 2.31. The smallest absolute Gasteiger partial charge is 0.303 e. The molecule has 0 atom stereocenters. The third-order valence-corrected chi connectivity index (χ3v) is 1.02. The van der Waals surface area contributed by atoms with Gasteiger partial charge in [-0.1, -0.05) is 0 Å². The molecule has 8 nitrogen and oxygen atoms in total. The van der Waals surface area contributed by atoms with Crippen molar-refractivity contribution in [3.05, 3.63) is 0 Å². The van der Waals surface area contributed by atoms with Crippen LogP contribution in [0.1, 0.15) is 12.8 Å². The Balaban J connectivity index is -0.000000202. The molecular formula is C9H20O8. The first kappa shape index (κ1) is 21.1. The third-order valence-electron chi connectivity index (χ3n) is 1.02. The number of aliphatic carboxylic acids is 2. The molecule has 0 aromatic heterocycles. The molecule has 17 heavy (non-hydrogen) atoms. The lowest BCUT2D eigenvalue weighted by molar-refractivity contribution is -0.143. The quantitative estimate of drug-likeness (QED) is 0.347. The summed E-state index contributed by atoms with van der Waals surface area (Å²) in [7, 11) is 1.00. The number of hydrogen-bond donors (Lipinski definition) is 5. The molecule has 0 saturated heterocycles. The predicted molar refractivity (Wildman–Crippen MR) is 57.6 cm³/mol. The summed E-state index contributed by atoms with van der Waals surface area (Å²) in [5.41, 5.74) is 0. The fourth-order valence-electron chi connectivity index (χ4n) is 0.445. The van der Waals surface area contributed by atoms with Crippen molar-refractivity contribution in [3.63, 3.8) is 0 Å². The Hall–Kier alpha value is -1.22. The zero-order chi connectivity index (χ0) is 14.1. The van der Waals surface area contributed by atoms with Crippen LogP contribution in [-0.4, -0.2) is 71.0 Å². The van der Waals surface area contributed by atoms with E-state index in [0.29, 0.717) is 13.2 Å².